The zero-order valence-electron chi connectivity index (χ0n) is 37.6. The quantitative estimate of drug-likeness (QED) is 0.175. The normalized spacial score (nSPS) is 15.6. The third kappa shape index (κ3) is 4.69. The van der Waals surface area contributed by atoms with Crippen LogP contribution in [0.3, 0.4) is 0 Å². The van der Waals surface area contributed by atoms with Gasteiger partial charge in [-0.2, -0.15) is 0 Å². The van der Waals surface area contributed by atoms with E-state index in [1.807, 2.05) is 11.8 Å². The Labute approximate surface area is 401 Å². The fraction of sp³-hybridized carbons (Fsp3) is 0.0769. The maximum Gasteiger partial charge on any atom is 0.132 e. The molecule has 2 aliphatic heterocycles. The highest BCUT2D eigenvalue weighted by Gasteiger charge is 2.53. The fourth-order valence-corrected chi connectivity index (χ4v) is 14.5. The first-order valence-corrected chi connectivity index (χ1v) is 24.6. The molecule has 2 heterocycles. The van der Waals surface area contributed by atoms with E-state index < -0.39 is 10.8 Å². The number of fused-ring (bicyclic) bond motifs is 21. The SMILES string of the molecule is CC1(C)c2ccccc2-c2ccc(N(c3ccc4c(c3)C3(c5ccccc5Sc5ccccc53)c3ccccc3-4)c3cccc4c3-c3ccccc3C43c4ccccc4Oc4ccccc43)cc21. The van der Waals surface area contributed by atoms with E-state index in [2.05, 4.69) is 243 Å². The molecule has 15 rings (SSSR count). The Kier molecular flexibility index (Phi) is 7.67. The van der Waals surface area contributed by atoms with Gasteiger partial charge in [0.05, 0.1) is 16.5 Å². The van der Waals surface area contributed by atoms with Crippen molar-refractivity contribution in [2.45, 2.75) is 39.9 Å². The number of ether oxygens (including phenoxy) is 1. The topological polar surface area (TPSA) is 12.5 Å². The van der Waals surface area contributed by atoms with E-state index in [0.717, 1.165) is 39.7 Å². The Morgan fingerprint density at radius 2 is 0.765 bits per heavy atom. The second-order valence-corrected chi connectivity index (χ2v) is 20.5. The summed E-state index contributed by atoms with van der Waals surface area (Å²) in [6, 6.07) is 84.3. The highest BCUT2D eigenvalue weighted by molar-refractivity contribution is 7.99. The number of hydrogen-bond donors (Lipinski definition) is 0. The van der Waals surface area contributed by atoms with Crippen LogP contribution in [0.25, 0.3) is 33.4 Å². The van der Waals surface area contributed by atoms with Gasteiger partial charge in [-0.3, -0.25) is 0 Å². The number of benzene rings is 10. The molecule has 320 valence electrons. The average molecular weight is 886 g/mol. The zero-order chi connectivity index (χ0) is 44.9. The summed E-state index contributed by atoms with van der Waals surface area (Å²) in [6.45, 7) is 4.77. The van der Waals surface area contributed by atoms with Crippen LogP contribution in [0.1, 0.15) is 69.5 Å². The van der Waals surface area contributed by atoms with Crippen molar-refractivity contribution in [1.82, 2.24) is 0 Å². The summed E-state index contributed by atoms with van der Waals surface area (Å²) >= 11 is 1.89. The first kappa shape index (κ1) is 38.3. The molecular formula is C65H43NOS. The van der Waals surface area contributed by atoms with Crippen LogP contribution in [-0.2, 0) is 16.2 Å². The molecule has 5 aliphatic rings. The summed E-state index contributed by atoms with van der Waals surface area (Å²) in [5, 5.41) is 0. The van der Waals surface area contributed by atoms with Crippen LogP contribution in [0.15, 0.2) is 234 Å². The smallest absolute Gasteiger partial charge is 0.132 e. The molecule has 2 nitrogen and oxygen atoms in total. The number of rotatable bonds is 3. The van der Waals surface area contributed by atoms with Crippen molar-refractivity contribution in [2.24, 2.45) is 0 Å². The molecule has 0 atom stereocenters. The maximum atomic E-state index is 6.76. The number of para-hydroxylation sites is 2. The molecule has 3 aliphatic carbocycles. The fourth-order valence-electron chi connectivity index (χ4n) is 13.3. The van der Waals surface area contributed by atoms with Gasteiger partial charge in [-0.25, -0.2) is 0 Å². The van der Waals surface area contributed by atoms with Gasteiger partial charge in [0, 0.05) is 43.3 Å². The molecule has 0 radical (unpaired) electrons. The van der Waals surface area contributed by atoms with Crippen molar-refractivity contribution in [3.8, 4) is 44.9 Å². The molecule has 10 aromatic rings. The molecule has 0 saturated carbocycles. The van der Waals surface area contributed by atoms with Crippen LogP contribution >= 0.6 is 11.8 Å². The molecule has 2 spiro atoms. The van der Waals surface area contributed by atoms with Crippen LogP contribution in [0.4, 0.5) is 17.1 Å². The van der Waals surface area contributed by atoms with Crippen LogP contribution in [0, 0.1) is 0 Å². The maximum absolute atomic E-state index is 6.76. The predicted octanol–water partition coefficient (Wildman–Crippen LogP) is 16.8. The lowest BCUT2D eigenvalue weighted by atomic mass is 9.66. The van der Waals surface area contributed by atoms with Crippen molar-refractivity contribution in [3.05, 3.63) is 280 Å². The van der Waals surface area contributed by atoms with E-state index in [1.165, 1.54) is 87.7 Å². The Morgan fingerprint density at radius 1 is 0.338 bits per heavy atom. The molecule has 0 N–H and O–H groups in total. The summed E-state index contributed by atoms with van der Waals surface area (Å²) in [4.78, 5) is 5.19. The summed E-state index contributed by atoms with van der Waals surface area (Å²) in [7, 11) is 0. The predicted molar refractivity (Wildman–Crippen MR) is 277 cm³/mol. The number of hydrogen-bond acceptors (Lipinski definition) is 3. The van der Waals surface area contributed by atoms with Gasteiger partial charge >= 0.3 is 0 Å². The van der Waals surface area contributed by atoms with Gasteiger partial charge in [0.1, 0.15) is 11.5 Å². The van der Waals surface area contributed by atoms with Crippen molar-refractivity contribution in [1.29, 1.82) is 0 Å². The van der Waals surface area contributed by atoms with Gasteiger partial charge in [-0.1, -0.05) is 195 Å². The average Bonchev–Trinajstić information content (AvgIpc) is 3.94. The van der Waals surface area contributed by atoms with Gasteiger partial charge in [-0.15, -0.1) is 0 Å². The van der Waals surface area contributed by atoms with E-state index in [4.69, 9.17) is 4.74 Å². The van der Waals surface area contributed by atoms with E-state index in [-0.39, 0.29) is 5.41 Å². The van der Waals surface area contributed by atoms with E-state index in [0.29, 0.717) is 0 Å². The molecule has 0 saturated heterocycles. The first-order chi connectivity index (χ1) is 33.5. The van der Waals surface area contributed by atoms with E-state index in [9.17, 15) is 0 Å². The third-order valence-electron chi connectivity index (χ3n) is 16.0. The molecule has 68 heavy (non-hydrogen) atoms. The van der Waals surface area contributed by atoms with Gasteiger partial charge in [0.25, 0.3) is 0 Å². The van der Waals surface area contributed by atoms with Crippen LogP contribution in [0.2, 0.25) is 0 Å². The second-order valence-electron chi connectivity index (χ2n) is 19.4. The Bertz CT molecular complexity index is 3730. The van der Waals surface area contributed by atoms with Crippen molar-refractivity contribution < 1.29 is 4.74 Å². The Hall–Kier alpha value is -7.85. The zero-order valence-corrected chi connectivity index (χ0v) is 38.4. The first-order valence-electron chi connectivity index (χ1n) is 23.7. The monoisotopic (exact) mass is 885 g/mol. The molecular weight excluding hydrogens is 843 g/mol. The number of nitrogens with zero attached hydrogens (tertiary/aromatic N) is 1. The summed E-state index contributed by atoms with van der Waals surface area (Å²) in [6.07, 6.45) is 0. The van der Waals surface area contributed by atoms with Crippen LogP contribution < -0.4 is 9.64 Å². The molecule has 0 unspecified atom stereocenters. The van der Waals surface area contributed by atoms with Crippen LogP contribution in [-0.4, -0.2) is 0 Å². The summed E-state index contributed by atoms with van der Waals surface area (Å²) in [5.41, 5.74) is 22.7. The van der Waals surface area contributed by atoms with Gasteiger partial charge in [0.15, 0.2) is 0 Å². The van der Waals surface area contributed by atoms with Crippen molar-refractivity contribution >= 4 is 28.8 Å². The van der Waals surface area contributed by atoms with Gasteiger partial charge in [0.2, 0.25) is 0 Å². The number of anilines is 3. The standard InChI is InChI=1S/C65H43NOS/c1-63(2)47-21-6-3-18-42(47)44-36-34-40(38-55(44)63)66(41-35-37-45-43-19-4-7-22-48(43)65(56(45)39-41)52-26-11-15-32-60(52)68-61-33-16-12-27-53(61)65)57-29-17-28-54-62(57)46-20-5-8-23-49(46)64(54)50-24-9-13-30-58(50)67-59-31-14-10-25-51(59)64/h3-39H,1-2H3. The van der Waals surface area contributed by atoms with E-state index >= 15 is 0 Å². The molecule has 0 fully saturated rings. The minimum Gasteiger partial charge on any atom is -0.457 e. The summed E-state index contributed by atoms with van der Waals surface area (Å²) < 4.78 is 6.76. The van der Waals surface area contributed by atoms with Crippen LogP contribution in [0.5, 0.6) is 11.5 Å². The lowest BCUT2D eigenvalue weighted by Crippen LogP contribution is -2.32. The minimum absolute atomic E-state index is 0.185. The molecule has 0 amide bonds. The Morgan fingerprint density at radius 3 is 1.40 bits per heavy atom. The third-order valence-corrected chi connectivity index (χ3v) is 17.2. The molecule has 0 aromatic heterocycles. The van der Waals surface area contributed by atoms with Crippen molar-refractivity contribution in [3.63, 3.8) is 0 Å². The highest BCUT2D eigenvalue weighted by Crippen LogP contribution is 2.66. The van der Waals surface area contributed by atoms with E-state index in [1.54, 1.807) is 0 Å². The second kappa shape index (κ2) is 13.6. The largest absolute Gasteiger partial charge is 0.457 e. The van der Waals surface area contributed by atoms with Crippen molar-refractivity contribution in [2.75, 3.05) is 4.90 Å². The highest BCUT2D eigenvalue weighted by atomic mass is 32.2. The lowest BCUT2D eigenvalue weighted by Gasteiger charge is -2.40. The molecule has 3 heteroatoms. The van der Waals surface area contributed by atoms with Gasteiger partial charge in [-0.05, 0) is 127 Å². The minimum atomic E-state index is -0.600. The molecule has 0 bridgehead atoms. The summed E-state index contributed by atoms with van der Waals surface area (Å²) in [5.74, 6) is 1.79. The lowest BCUT2D eigenvalue weighted by molar-refractivity contribution is 0.436. The Balaban J connectivity index is 1.05. The molecule has 10 aromatic carbocycles. The van der Waals surface area contributed by atoms with Gasteiger partial charge < -0.3 is 9.64 Å².